The van der Waals surface area contributed by atoms with Crippen molar-refractivity contribution in [1.82, 2.24) is 0 Å². The highest BCUT2D eigenvalue weighted by molar-refractivity contribution is 7.80. The predicted molar refractivity (Wildman–Crippen MR) is 169 cm³/mol. The number of allylic oxidation sites excluding steroid dienone is 4. The topological polar surface area (TPSA) is 0 Å². The zero-order valence-electron chi connectivity index (χ0n) is 21.3. The summed E-state index contributed by atoms with van der Waals surface area (Å²) in [6.45, 7) is 0. The van der Waals surface area contributed by atoms with Crippen molar-refractivity contribution in [2.24, 2.45) is 0 Å². The number of benzene rings is 5. The molecular formula is C36H30P2. The zero-order chi connectivity index (χ0) is 25.6. The Balaban J connectivity index is 1.35. The van der Waals surface area contributed by atoms with Gasteiger partial charge in [-0.15, -0.1) is 0 Å². The monoisotopic (exact) mass is 524 g/mol. The van der Waals surface area contributed by atoms with E-state index in [-0.39, 0.29) is 0 Å². The molecular weight excluding hydrogens is 494 g/mol. The Labute approximate surface area is 228 Å². The molecule has 184 valence electrons. The van der Waals surface area contributed by atoms with Crippen LogP contribution >= 0.6 is 15.8 Å². The lowest BCUT2D eigenvalue weighted by molar-refractivity contribution is 1.11. The Morgan fingerprint density at radius 2 is 0.921 bits per heavy atom. The Hall–Kier alpha value is -3.56. The van der Waals surface area contributed by atoms with Crippen LogP contribution in [-0.4, -0.2) is 6.16 Å². The van der Waals surface area contributed by atoms with Crippen molar-refractivity contribution in [2.45, 2.75) is 5.92 Å². The average molecular weight is 525 g/mol. The molecule has 5 aromatic rings. The van der Waals surface area contributed by atoms with Gasteiger partial charge in [-0.05, 0) is 53.5 Å². The molecule has 1 atom stereocenters. The average Bonchev–Trinajstić information content (AvgIpc) is 3.47. The van der Waals surface area contributed by atoms with Crippen LogP contribution < -0.4 is 26.5 Å². The molecule has 0 amide bonds. The minimum atomic E-state index is -0.645. The lowest BCUT2D eigenvalue weighted by Crippen LogP contribution is -2.23. The second-order valence-corrected chi connectivity index (χ2v) is 13.8. The van der Waals surface area contributed by atoms with E-state index in [0.717, 1.165) is 6.16 Å². The van der Waals surface area contributed by atoms with Crippen LogP contribution in [0.3, 0.4) is 0 Å². The molecule has 0 bridgehead atoms. The van der Waals surface area contributed by atoms with Gasteiger partial charge in [-0.3, -0.25) is 0 Å². The second-order valence-electron chi connectivity index (χ2n) is 9.45. The van der Waals surface area contributed by atoms with Crippen molar-refractivity contribution in [3.05, 3.63) is 175 Å². The first kappa shape index (κ1) is 24.8. The lowest BCUT2D eigenvalue weighted by Gasteiger charge is -2.24. The van der Waals surface area contributed by atoms with Crippen LogP contribution in [-0.2, 0) is 0 Å². The van der Waals surface area contributed by atoms with E-state index in [9.17, 15) is 0 Å². The van der Waals surface area contributed by atoms with Crippen molar-refractivity contribution in [3.63, 3.8) is 0 Å². The first-order chi connectivity index (χ1) is 18.9. The van der Waals surface area contributed by atoms with Crippen LogP contribution in [0.1, 0.15) is 11.5 Å². The van der Waals surface area contributed by atoms with Crippen LogP contribution in [0.25, 0.3) is 0 Å². The van der Waals surface area contributed by atoms with Crippen molar-refractivity contribution < 1.29 is 0 Å². The van der Waals surface area contributed by atoms with E-state index in [1.807, 2.05) is 0 Å². The highest BCUT2D eigenvalue weighted by Gasteiger charge is 2.24. The van der Waals surface area contributed by atoms with Crippen LogP contribution in [0.2, 0.25) is 0 Å². The van der Waals surface area contributed by atoms with Gasteiger partial charge in [0, 0.05) is 12.1 Å². The molecule has 0 aliphatic heterocycles. The van der Waals surface area contributed by atoms with Gasteiger partial charge in [-0.2, -0.15) is 0 Å². The van der Waals surface area contributed by atoms with E-state index < -0.39 is 15.8 Å². The molecule has 0 aromatic heterocycles. The molecule has 1 aliphatic carbocycles. The van der Waals surface area contributed by atoms with Gasteiger partial charge in [0.25, 0.3) is 0 Å². The third kappa shape index (κ3) is 5.49. The normalized spacial score (nSPS) is 14.7. The Morgan fingerprint density at radius 3 is 1.45 bits per heavy atom. The fourth-order valence-electron chi connectivity index (χ4n) is 5.15. The van der Waals surface area contributed by atoms with Gasteiger partial charge < -0.3 is 0 Å². The Morgan fingerprint density at radius 1 is 0.474 bits per heavy atom. The minimum Gasteiger partial charge on any atom is -0.0729 e. The molecule has 5 aromatic carbocycles. The molecule has 0 nitrogen and oxygen atoms in total. The maximum atomic E-state index is 2.50. The molecule has 1 aliphatic rings. The Bertz CT molecular complexity index is 1450. The largest absolute Gasteiger partial charge is 0.0729 e. The molecule has 0 saturated heterocycles. The summed E-state index contributed by atoms with van der Waals surface area (Å²) < 4.78 is 0. The summed E-state index contributed by atoms with van der Waals surface area (Å²) in [4.78, 5) is 0. The van der Waals surface area contributed by atoms with Crippen molar-refractivity contribution in [1.29, 1.82) is 0 Å². The van der Waals surface area contributed by atoms with E-state index >= 15 is 0 Å². The summed E-state index contributed by atoms with van der Waals surface area (Å²) >= 11 is 0. The first-order valence-electron chi connectivity index (χ1n) is 13.1. The summed E-state index contributed by atoms with van der Waals surface area (Å²) in [5.74, 6) is 0.294. The van der Waals surface area contributed by atoms with Crippen molar-refractivity contribution in [3.8, 4) is 0 Å². The maximum Gasteiger partial charge on any atom is 0.0214 e. The molecule has 0 spiro atoms. The van der Waals surface area contributed by atoms with E-state index in [1.165, 1.54) is 37.7 Å². The highest BCUT2D eigenvalue weighted by Crippen LogP contribution is 2.41. The van der Waals surface area contributed by atoms with Crippen molar-refractivity contribution in [2.75, 3.05) is 6.16 Å². The van der Waals surface area contributed by atoms with Gasteiger partial charge in [0.05, 0.1) is 0 Å². The van der Waals surface area contributed by atoms with E-state index in [0.29, 0.717) is 5.92 Å². The molecule has 0 heterocycles. The fourth-order valence-corrected chi connectivity index (χ4v) is 9.97. The number of hydrogen-bond acceptors (Lipinski definition) is 0. The van der Waals surface area contributed by atoms with E-state index in [4.69, 9.17) is 0 Å². The smallest absolute Gasteiger partial charge is 0.0214 e. The van der Waals surface area contributed by atoms with Crippen LogP contribution in [0, 0.1) is 0 Å². The quantitative estimate of drug-likeness (QED) is 0.189. The fraction of sp³-hybridized carbons (Fsp3) is 0.0556. The standard InChI is InChI=1S/C36H30P2/c1-5-15-31(16-6-1)37(32-17-7-2-8-18-32)28-29-25-26-30(27-29)35-23-13-14-24-36(35)38(33-19-9-3-10-20-33)34-21-11-4-12-22-34/h1-27,30H,28H2. The summed E-state index contributed by atoms with van der Waals surface area (Å²) in [5.41, 5.74) is 2.86. The van der Waals surface area contributed by atoms with Crippen molar-refractivity contribution >= 4 is 42.4 Å². The van der Waals surface area contributed by atoms with Crippen LogP contribution in [0.4, 0.5) is 0 Å². The minimum absolute atomic E-state index is 0.294. The molecule has 38 heavy (non-hydrogen) atoms. The summed E-state index contributed by atoms with van der Waals surface area (Å²) in [6, 6.07) is 53.2. The van der Waals surface area contributed by atoms with Gasteiger partial charge in [0.1, 0.15) is 0 Å². The summed E-state index contributed by atoms with van der Waals surface area (Å²) in [6.07, 6.45) is 8.34. The van der Waals surface area contributed by atoms with E-state index in [2.05, 4.69) is 164 Å². The van der Waals surface area contributed by atoms with Crippen LogP contribution in [0.5, 0.6) is 0 Å². The molecule has 1 unspecified atom stereocenters. The van der Waals surface area contributed by atoms with Crippen LogP contribution in [0.15, 0.2) is 169 Å². The molecule has 0 N–H and O–H groups in total. The maximum absolute atomic E-state index is 2.50. The van der Waals surface area contributed by atoms with Gasteiger partial charge in [-0.1, -0.05) is 164 Å². The molecule has 6 rings (SSSR count). The second kappa shape index (κ2) is 11.9. The predicted octanol–water partition coefficient (Wildman–Crippen LogP) is 7.16. The van der Waals surface area contributed by atoms with Gasteiger partial charge in [-0.25, -0.2) is 0 Å². The number of hydrogen-bond donors (Lipinski definition) is 0. The zero-order valence-corrected chi connectivity index (χ0v) is 23.1. The van der Waals surface area contributed by atoms with E-state index in [1.54, 1.807) is 0 Å². The SMILES string of the molecule is C1=CC(c2ccccc2P(c2ccccc2)c2ccccc2)C=C1CP(c1ccccc1)c1ccccc1. The summed E-state index contributed by atoms with van der Waals surface area (Å²) in [7, 11) is -1.10. The number of rotatable bonds is 8. The molecule has 0 radical (unpaired) electrons. The third-order valence-corrected chi connectivity index (χ3v) is 12.0. The van der Waals surface area contributed by atoms with Gasteiger partial charge >= 0.3 is 0 Å². The van der Waals surface area contributed by atoms with Gasteiger partial charge in [0.2, 0.25) is 0 Å². The summed E-state index contributed by atoms with van der Waals surface area (Å²) in [5, 5.41) is 7.10. The molecule has 0 saturated carbocycles. The highest BCUT2D eigenvalue weighted by atomic mass is 31.1. The molecule has 2 heteroatoms. The Kier molecular flexibility index (Phi) is 7.74. The van der Waals surface area contributed by atoms with Gasteiger partial charge in [0.15, 0.2) is 0 Å². The molecule has 0 fully saturated rings. The lowest BCUT2D eigenvalue weighted by atomic mass is 10.0. The third-order valence-electron chi connectivity index (χ3n) is 6.95. The first-order valence-corrected chi connectivity index (χ1v) is 16.0.